The monoisotopic (exact) mass is 473 g/mol. The molecule has 0 heterocycles. The van der Waals surface area contributed by atoms with Crippen molar-refractivity contribution in [3.8, 4) is 0 Å². The Morgan fingerprint density at radius 2 is 1.62 bits per heavy atom. The lowest BCUT2D eigenvalue weighted by Crippen LogP contribution is -2.38. The molecule has 1 N–H and O–H groups in total. The number of halogens is 1. The Bertz CT molecular complexity index is 1010. The van der Waals surface area contributed by atoms with Gasteiger partial charge in [-0.3, -0.25) is 4.79 Å². The normalized spacial score (nSPS) is 12.4. The molecule has 0 aromatic heterocycles. The third-order valence-corrected chi connectivity index (χ3v) is 4.81. The lowest BCUT2D eigenvalue weighted by Gasteiger charge is -2.28. The number of hydrogen-bond donors (Lipinski definition) is 1. The van der Waals surface area contributed by atoms with Crippen molar-refractivity contribution in [2.45, 2.75) is 59.4 Å². The molecule has 0 fully saturated rings. The van der Waals surface area contributed by atoms with Gasteiger partial charge in [0, 0.05) is 6.54 Å². The number of carbonyl (C=O) groups excluding carboxylic acids is 3. The van der Waals surface area contributed by atoms with E-state index in [2.05, 4.69) is 5.32 Å². The Morgan fingerprint density at radius 3 is 2.21 bits per heavy atom. The molecule has 0 aliphatic carbocycles. The second-order valence-electron chi connectivity index (χ2n) is 9.47. The fourth-order valence-electron chi connectivity index (χ4n) is 2.90. The van der Waals surface area contributed by atoms with Gasteiger partial charge in [-0.25, -0.2) is 14.0 Å². The maximum Gasteiger partial charge on any atom is 0.407 e. The van der Waals surface area contributed by atoms with Gasteiger partial charge < -0.3 is 19.5 Å². The fourth-order valence-corrected chi connectivity index (χ4v) is 2.90. The first-order chi connectivity index (χ1) is 15.8. The van der Waals surface area contributed by atoms with Gasteiger partial charge in [0.15, 0.2) is 0 Å². The first-order valence-electron chi connectivity index (χ1n) is 11.0. The fraction of sp³-hybridized carbons (Fsp3) is 0.423. The summed E-state index contributed by atoms with van der Waals surface area (Å²) >= 11 is 0. The van der Waals surface area contributed by atoms with Gasteiger partial charge in [-0.1, -0.05) is 43.3 Å². The summed E-state index contributed by atoms with van der Waals surface area (Å²) < 4.78 is 30.6. The molecule has 34 heavy (non-hydrogen) atoms. The summed E-state index contributed by atoms with van der Waals surface area (Å²) in [5.41, 5.74) is -0.886. The van der Waals surface area contributed by atoms with Crippen molar-refractivity contribution >= 4 is 18.0 Å². The van der Waals surface area contributed by atoms with Crippen LogP contribution in [0.25, 0.3) is 0 Å². The van der Waals surface area contributed by atoms with Gasteiger partial charge in [-0.2, -0.15) is 0 Å². The molecule has 8 heteroatoms. The quantitative estimate of drug-likeness (QED) is 0.423. The second-order valence-corrected chi connectivity index (χ2v) is 9.47. The largest absolute Gasteiger partial charge is 0.457 e. The van der Waals surface area contributed by atoms with Gasteiger partial charge in [0.05, 0.1) is 11.5 Å². The minimum absolute atomic E-state index is 0.0182. The Balaban J connectivity index is 1.97. The molecule has 184 valence electrons. The highest BCUT2D eigenvalue weighted by molar-refractivity contribution is 5.89. The van der Waals surface area contributed by atoms with E-state index in [1.807, 2.05) is 18.2 Å². The smallest absolute Gasteiger partial charge is 0.407 e. The molecule has 0 aliphatic rings. The Labute approximate surface area is 199 Å². The van der Waals surface area contributed by atoms with Crippen LogP contribution in [0.5, 0.6) is 0 Å². The minimum Gasteiger partial charge on any atom is -0.457 e. The summed E-state index contributed by atoms with van der Waals surface area (Å²) in [6.45, 7) is 10.1. The van der Waals surface area contributed by atoms with Crippen molar-refractivity contribution < 1.29 is 33.0 Å². The van der Waals surface area contributed by atoms with Crippen LogP contribution in [0.1, 0.15) is 63.0 Å². The summed E-state index contributed by atoms with van der Waals surface area (Å²) in [6.07, 6.45) is -0.636. The van der Waals surface area contributed by atoms with Crippen molar-refractivity contribution in [3.63, 3.8) is 0 Å². The van der Waals surface area contributed by atoms with E-state index in [-0.39, 0.29) is 18.7 Å². The van der Waals surface area contributed by atoms with Crippen molar-refractivity contribution in [2.75, 3.05) is 6.54 Å². The number of alkyl carbamates (subject to hydrolysis) is 1. The molecule has 2 rings (SSSR count). The number of carbonyl (C=O) groups is 3. The molecule has 0 bridgehead atoms. The summed E-state index contributed by atoms with van der Waals surface area (Å²) in [5.74, 6) is -2.81. The minimum atomic E-state index is -1.18. The zero-order chi connectivity index (χ0) is 25.5. The van der Waals surface area contributed by atoms with Crippen LogP contribution >= 0.6 is 0 Å². The summed E-state index contributed by atoms with van der Waals surface area (Å²) in [6, 6.07) is 13.0. The zero-order valence-corrected chi connectivity index (χ0v) is 20.4. The van der Waals surface area contributed by atoms with Crippen molar-refractivity contribution in [3.05, 3.63) is 71.0 Å². The average molecular weight is 474 g/mol. The van der Waals surface area contributed by atoms with Crippen molar-refractivity contribution in [2.24, 2.45) is 5.92 Å². The predicted molar refractivity (Wildman–Crippen MR) is 124 cm³/mol. The summed E-state index contributed by atoms with van der Waals surface area (Å²) in [4.78, 5) is 36.6. The molecule has 0 aliphatic heterocycles. The number of esters is 2. The van der Waals surface area contributed by atoms with E-state index in [9.17, 15) is 18.8 Å². The van der Waals surface area contributed by atoms with Crippen LogP contribution in [0.15, 0.2) is 48.5 Å². The van der Waals surface area contributed by atoms with E-state index in [0.717, 1.165) is 11.6 Å². The van der Waals surface area contributed by atoms with Crippen LogP contribution in [0, 0.1) is 11.7 Å². The standard InChI is InChI=1S/C26H32FNO6/c1-17(15-28-24(31)34-25(2,3)4)22(29)33-26(5,6)19-12-13-20(21(27)14-19)23(30)32-16-18-10-8-7-9-11-18/h7-14,17H,15-16H2,1-6H3,(H,28,31). The Morgan fingerprint density at radius 1 is 0.971 bits per heavy atom. The van der Waals surface area contributed by atoms with Crippen LogP contribution in [0.4, 0.5) is 9.18 Å². The van der Waals surface area contributed by atoms with Crippen LogP contribution in [-0.2, 0) is 31.2 Å². The Hall–Kier alpha value is -3.42. The van der Waals surface area contributed by atoms with Crippen molar-refractivity contribution in [1.82, 2.24) is 5.32 Å². The Kier molecular flexibility index (Phi) is 8.79. The van der Waals surface area contributed by atoms with Gasteiger partial charge in [0.2, 0.25) is 0 Å². The predicted octanol–water partition coefficient (Wildman–Crippen LogP) is 5.12. The molecule has 2 aromatic carbocycles. The summed E-state index contributed by atoms with van der Waals surface area (Å²) in [5, 5.41) is 2.52. The van der Waals surface area contributed by atoms with Crippen molar-refractivity contribution in [1.29, 1.82) is 0 Å². The number of hydrogen-bond acceptors (Lipinski definition) is 6. The molecular weight excluding hydrogens is 441 g/mol. The van der Waals surface area contributed by atoms with E-state index in [0.29, 0.717) is 5.56 Å². The highest BCUT2D eigenvalue weighted by Crippen LogP contribution is 2.28. The molecule has 1 unspecified atom stereocenters. The molecule has 0 radical (unpaired) electrons. The van der Waals surface area contributed by atoms with E-state index >= 15 is 0 Å². The molecular formula is C26H32FNO6. The number of rotatable bonds is 8. The lowest BCUT2D eigenvalue weighted by molar-refractivity contribution is -0.161. The number of benzene rings is 2. The zero-order valence-electron chi connectivity index (χ0n) is 20.4. The van der Waals surface area contributed by atoms with Crippen LogP contribution in [0.2, 0.25) is 0 Å². The molecule has 0 saturated heterocycles. The third-order valence-electron chi connectivity index (χ3n) is 4.81. The van der Waals surface area contributed by atoms with Gasteiger partial charge in [0.1, 0.15) is 23.6 Å². The van der Waals surface area contributed by atoms with Gasteiger partial charge in [-0.15, -0.1) is 0 Å². The lowest BCUT2D eigenvalue weighted by atomic mass is 9.96. The number of ether oxygens (including phenoxy) is 3. The van der Waals surface area contributed by atoms with Gasteiger partial charge in [0.25, 0.3) is 0 Å². The molecule has 1 amide bonds. The van der Waals surface area contributed by atoms with Crippen LogP contribution in [-0.4, -0.2) is 30.2 Å². The van der Waals surface area contributed by atoms with Crippen LogP contribution in [0.3, 0.4) is 0 Å². The number of nitrogens with one attached hydrogen (secondary N) is 1. The first kappa shape index (κ1) is 26.8. The molecule has 0 saturated carbocycles. The van der Waals surface area contributed by atoms with E-state index in [4.69, 9.17) is 14.2 Å². The highest BCUT2D eigenvalue weighted by Gasteiger charge is 2.30. The van der Waals surface area contributed by atoms with E-state index in [1.165, 1.54) is 12.1 Å². The maximum absolute atomic E-state index is 14.7. The molecule has 1 atom stereocenters. The molecule has 0 spiro atoms. The van der Waals surface area contributed by atoms with E-state index < -0.39 is 41.0 Å². The van der Waals surface area contributed by atoms with E-state index in [1.54, 1.807) is 53.7 Å². The number of amides is 1. The second kappa shape index (κ2) is 11.1. The first-order valence-corrected chi connectivity index (χ1v) is 11.0. The van der Waals surface area contributed by atoms with Gasteiger partial charge in [-0.05, 0) is 57.9 Å². The van der Waals surface area contributed by atoms with Crippen LogP contribution < -0.4 is 5.32 Å². The van der Waals surface area contributed by atoms with Gasteiger partial charge >= 0.3 is 18.0 Å². The maximum atomic E-state index is 14.7. The topological polar surface area (TPSA) is 90.9 Å². The average Bonchev–Trinajstić information content (AvgIpc) is 2.75. The summed E-state index contributed by atoms with van der Waals surface area (Å²) in [7, 11) is 0. The third kappa shape index (κ3) is 8.17. The highest BCUT2D eigenvalue weighted by atomic mass is 19.1. The molecule has 7 nitrogen and oxygen atoms in total. The molecule has 2 aromatic rings. The SMILES string of the molecule is CC(CNC(=O)OC(C)(C)C)C(=O)OC(C)(C)c1ccc(C(=O)OCc2ccccc2)c(F)c1.